The van der Waals surface area contributed by atoms with Crippen LogP contribution < -0.4 is 16.0 Å². The molecule has 0 aliphatic heterocycles. The van der Waals surface area contributed by atoms with Gasteiger partial charge in [0.1, 0.15) is 0 Å². The maximum atomic E-state index is 12.3. The number of halogens is 2. The van der Waals surface area contributed by atoms with Crippen LogP contribution in [0.5, 0.6) is 11.6 Å². The van der Waals surface area contributed by atoms with Crippen LogP contribution in [-0.2, 0) is 11.2 Å². The van der Waals surface area contributed by atoms with Gasteiger partial charge >= 0.3 is 0 Å². The zero-order chi connectivity index (χ0) is 17.6. The average molecular weight is 382 g/mol. The van der Waals surface area contributed by atoms with Crippen molar-refractivity contribution < 1.29 is 9.47 Å². The summed E-state index contributed by atoms with van der Waals surface area (Å²) >= 11 is 12.4. The number of aromatic amines is 1. The monoisotopic (exact) mass is 381 g/mol. The number of nitrogen functional groups attached to an aromatic ring is 1. The molecule has 0 saturated heterocycles. The number of hydrogen-bond donors (Lipinski definition) is 2. The van der Waals surface area contributed by atoms with Crippen molar-refractivity contribution in [1.82, 2.24) is 10.2 Å². The third-order valence-corrected chi connectivity index (χ3v) is 4.96. The number of nitrogens with two attached hydrogens (primary N) is 1. The standard InChI is InChI=1S/C17H17Cl2N3O3/c18-11-6-8(20)7-12(19)15(11)25-17-10-2-1-3-13(24-9-4-5-9)14(10)16(23)21-22-17/h6-7,9,13H,1-5,20H2,(H,21,23). The highest BCUT2D eigenvalue weighted by Crippen LogP contribution is 2.42. The summed E-state index contributed by atoms with van der Waals surface area (Å²) in [5.74, 6) is 0.566. The van der Waals surface area contributed by atoms with Gasteiger partial charge in [0.15, 0.2) is 5.75 Å². The lowest BCUT2D eigenvalue weighted by Gasteiger charge is -2.25. The van der Waals surface area contributed by atoms with Crippen molar-refractivity contribution >= 4 is 28.9 Å². The molecule has 1 unspecified atom stereocenters. The van der Waals surface area contributed by atoms with Crippen LogP contribution in [-0.4, -0.2) is 16.3 Å². The topological polar surface area (TPSA) is 90.2 Å². The lowest BCUT2D eigenvalue weighted by atomic mass is 9.91. The minimum absolute atomic E-state index is 0.220. The van der Waals surface area contributed by atoms with Gasteiger partial charge in [0, 0.05) is 11.3 Å². The van der Waals surface area contributed by atoms with Crippen molar-refractivity contribution in [2.75, 3.05) is 5.73 Å². The van der Waals surface area contributed by atoms with Gasteiger partial charge in [0.2, 0.25) is 5.88 Å². The van der Waals surface area contributed by atoms with Gasteiger partial charge in [-0.1, -0.05) is 23.2 Å². The molecule has 6 nitrogen and oxygen atoms in total. The fourth-order valence-electron chi connectivity index (χ4n) is 3.10. The van der Waals surface area contributed by atoms with Gasteiger partial charge < -0.3 is 15.2 Å². The summed E-state index contributed by atoms with van der Waals surface area (Å²) in [4.78, 5) is 12.3. The molecular formula is C17H17Cl2N3O3. The summed E-state index contributed by atoms with van der Waals surface area (Å²) in [5.41, 5.74) is 7.28. The van der Waals surface area contributed by atoms with Crippen LogP contribution >= 0.6 is 23.2 Å². The molecule has 1 aromatic heterocycles. The van der Waals surface area contributed by atoms with Crippen molar-refractivity contribution in [2.45, 2.75) is 44.3 Å². The number of benzene rings is 1. The Hall–Kier alpha value is -1.76. The van der Waals surface area contributed by atoms with E-state index in [2.05, 4.69) is 10.2 Å². The van der Waals surface area contributed by atoms with E-state index >= 15 is 0 Å². The molecule has 3 N–H and O–H groups in total. The van der Waals surface area contributed by atoms with E-state index in [9.17, 15) is 4.79 Å². The third kappa shape index (κ3) is 3.34. The maximum Gasteiger partial charge on any atom is 0.270 e. The highest BCUT2D eigenvalue weighted by Gasteiger charge is 2.33. The first-order valence-corrected chi connectivity index (χ1v) is 8.98. The predicted molar refractivity (Wildman–Crippen MR) is 95.6 cm³/mol. The zero-order valence-electron chi connectivity index (χ0n) is 13.4. The lowest BCUT2D eigenvalue weighted by Crippen LogP contribution is -2.26. The Labute approximate surface area is 154 Å². The maximum absolute atomic E-state index is 12.3. The Balaban J connectivity index is 1.73. The highest BCUT2D eigenvalue weighted by molar-refractivity contribution is 6.37. The smallest absolute Gasteiger partial charge is 0.270 e. The summed E-state index contributed by atoms with van der Waals surface area (Å²) in [7, 11) is 0. The van der Waals surface area contributed by atoms with Crippen LogP contribution in [0, 0.1) is 0 Å². The summed E-state index contributed by atoms with van der Waals surface area (Å²) in [6.45, 7) is 0. The Morgan fingerprint density at radius 2 is 1.92 bits per heavy atom. The van der Waals surface area contributed by atoms with Crippen LogP contribution in [0.4, 0.5) is 5.69 Å². The number of hydrogen-bond acceptors (Lipinski definition) is 5. The third-order valence-electron chi connectivity index (χ3n) is 4.40. The number of fused-ring (bicyclic) bond motifs is 1. The second-order valence-corrected chi connectivity index (χ2v) is 7.20. The molecule has 2 aliphatic carbocycles. The van der Waals surface area contributed by atoms with Gasteiger partial charge in [-0.25, -0.2) is 5.10 Å². The van der Waals surface area contributed by atoms with E-state index in [1.54, 1.807) is 12.1 Å². The van der Waals surface area contributed by atoms with Crippen LogP contribution in [0.3, 0.4) is 0 Å². The Morgan fingerprint density at radius 3 is 2.60 bits per heavy atom. The van der Waals surface area contributed by atoms with Crippen LogP contribution in [0.15, 0.2) is 16.9 Å². The summed E-state index contributed by atoms with van der Waals surface area (Å²) in [6, 6.07) is 3.11. The minimum atomic E-state index is -0.234. The molecular weight excluding hydrogens is 365 g/mol. The molecule has 2 aliphatic rings. The number of aromatic nitrogens is 2. The molecule has 0 bridgehead atoms. The van der Waals surface area contributed by atoms with Crippen molar-refractivity contribution in [3.63, 3.8) is 0 Å². The minimum Gasteiger partial charge on any atom is -0.434 e. The number of ether oxygens (including phenoxy) is 2. The summed E-state index contributed by atoms with van der Waals surface area (Å²) < 4.78 is 11.9. The zero-order valence-corrected chi connectivity index (χ0v) is 14.9. The van der Waals surface area contributed by atoms with E-state index in [1.165, 1.54) is 0 Å². The molecule has 2 aromatic rings. The number of anilines is 1. The molecule has 25 heavy (non-hydrogen) atoms. The van der Waals surface area contributed by atoms with Gasteiger partial charge in [-0.05, 0) is 44.2 Å². The lowest BCUT2D eigenvalue weighted by molar-refractivity contribution is 0.0263. The fourth-order valence-corrected chi connectivity index (χ4v) is 3.68. The van der Waals surface area contributed by atoms with E-state index in [4.69, 9.17) is 38.4 Å². The van der Waals surface area contributed by atoms with Gasteiger partial charge in [0.05, 0.1) is 27.8 Å². The van der Waals surface area contributed by atoms with Crippen molar-refractivity contribution in [3.05, 3.63) is 43.7 Å². The SMILES string of the molecule is Nc1cc(Cl)c(Oc2n[nH]c(=O)c3c2CCCC3OC2CC2)c(Cl)c1. The molecule has 4 rings (SSSR count). The molecule has 0 amide bonds. The normalized spacial score (nSPS) is 19.5. The molecule has 1 heterocycles. The van der Waals surface area contributed by atoms with Gasteiger partial charge in [0.25, 0.3) is 5.56 Å². The molecule has 1 aromatic carbocycles. The second kappa shape index (κ2) is 6.52. The quantitative estimate of drug-likeness (QED) is 0.780. The molecule has 0 spiro atoms. The van der Waals surface area contributed by atoms with E-state index in [0.717, 1.165) is 31.2 Å². The second-order valence-electron chi connectivity index (χ2n) is 6.38. The predicted octanol–water partition coefficient (Wildman–Crippen LogP) is 4.01. The van der Waals surface area contributed by atoms with Gasteiger partial charge in [-0.2, -0.15) is 0 Å². The van der Waals surface area contributed by atoms with Gasteiger partial charge in [-0.3, -0.25) is 4.79 Å². The highest BCUT2D eigenvalue weighted by atomic mass is 35.5. The van der Waals surface area contributed by atoms with E-state index in [-0.39, 0.29) is 33.6 Å². The molecule has 132 valence electrons. The van der Waals surface area contributed by atoms with Crippen molar-refractivity contribution in [1.29, 1.82) is 0 Å². The largest absolute Gasteiger partial charge is 0.434 e. The van der Waals surface area contributed by atoms with Crippen LogP contribution in [0.1, 0.15) is 42.9 Å². The van der Waals surface area contributed by atoms with Gasteiger partial charge in [-0.15, -0.1) is 5.10 Å². The van der Waals surface area contributed by atoms with Crippen molar-refractivity contribution in [2.24, 2.45) is 0 Å². The first-order valence-electron chi connectivity index (χ1n) is 8.22. The van der Waals surface area contributed by atoms with Crippen LogP contribution in [0.2, 0.25) is 10.0 Å². The number of rotatable bonds is 4. The average Bonchev–Trinajstić information content (AvgIpc) is 3.37. The molecule has 0 radical (unpaired) electrons. The summed E-state index contributed by atoms with van der Waals surface area (Å²) in [6.07, 6.45) is 4.55. The summed E-state index contributed by atoms with van der Waals surface area (Å²) in [5, 5.41) is 7.13. The Bertz CT molecular complexity index is 857. The Kier molecular flexibility index (Phi) is 4.35. The number of nitrogens with zero attached hydrogens (tertiary/aromatic N) is 1. The number of nitrogens with one attached hydrogen (secondary N) is 1. The van der Waals surface area contributed by atoms with E-state index < -0.39 is 0 Å². The van der Waals surface area contributed by atoms with E-state index in [1.807, 2.05) is 0 Å². The molecule has 1 saturated carbocycles. The first-order chi connectivity index (χ1) is 12.0. The molecule has 1 fully saturated rings. The van der Waals surface area contributed by atoms with Crippen molar-refractivity contribution in [3.8, 4) is 11.6 Å². The van der Waals surface area contributed by atoms with E-state index in [0.29, 0.717) is 23.6 Å². The fraction of sp³-hybridized carbons (Fsp3) is 0.412. The molecule has 1 atom stereocenters. The Morgan fingerprint density at radius 1 is 1.20 bits per heavy atom. The van der Waals surface area contributed by atoms with Crippen LogP contribution in [0.25, 0.3) is 0 Å². The molecule has 8 heteroatoms. The first kappa shape index (κ1) is 16.7. The number of H-pyrrole nitrogens is 1.